The highest BCUT2D eigenvalue weighted by Gasteiger charge is 2.11. The van der Waals surface area contributed by atoms with Gasteiger partial charge in [0, 0.05) is 10.9 Å². The van der Waals surface area contributed by atoms with E-state index in [1.54, 1.807) is 12.1 Å². The molecule has 1 N–H and O–H groups in total. The number of hydrogen-bond donors (Lipinski definition) is 1. The third-order valence-electron chi connectivity index (χ3n) is 3.41. The quantitative estimate of drug-likeness (QED) is 0.767. The second kappa shape index (κ2) is 7.55. The first-order valence-corrected chi connectivity index (χ1v) is 8.10. The van der Waals surface area contributed by atoms with Crippen LogP contribution in [0.1, 0.15) is 41.8 Å². The maximum Gasteiger partial charge on any atom is 0.123 e. The number of benzene rings is 1. The van der Waals surface area contributed by atoms with Crippen LogP contribution in [0.4, 0.5) is 4.39 Å². The molecule has 0 bridgehead atoms. The van der Waals surface area contributed by atoms with Crippen molar-refractivity contribution in [3.63, 3.8) is 0 Å². The minimum absolute atomic E-state index is 0.138. The van der Waals surface area contributed by atoms with Crippen molar-refractivity contribution in [1.29, 1.82) is 0 Å². The summed E-state index contributed by atoms with van der Waals surface area (Å²) in [5, 5.41) is 5.59. The van der Waals surface area contributed by atoms with E-state index < -0.39 is 0 Å². The van der Waals surface area contributed by atoms with Gasteiger partial charge in [0.1, 0.15) is 5.82 Å². The molecule has 1 aromatic carbocycles. The number of rotatable bonds is 7. The zero-order valence-corrected chi connectivity index (χ0v) is 13.0. The van der Waals surface area contributed by atoms with E-state index in [-0.39, 0.29) is 11.9 Å². The second-order valence-corrected chi connectivity index (χ2v) is 6.18. The lowest BCUT2D eigenvalue weighted by molar-refractivity contribution is 0.495. The van der Waals surface area contributed by atoms with E-state index in [1.807, 2.05) is 18.3 Å². The minimum atomic E-state index is -0.138. The van der Waals surface area contributed by atoms with E-state index in [0.717, 1.165) is 36.9 Å². The molecule has 0 amide bonds. The summed E-state index contributed by atoms with van der Waals surface area (Å²) in [7, 11) is 0. The van der Waals surface area contributed by atoms with Gasteiger partial charge >= 0.3 is 0 Å². The van der Waals surface area contributed by atoms with Gasteiger partial charge in [0.2, 0.25) is 0 Å². The van der Waals surface area contributed by atoms with E-state index in [0.29, 0.717) is 0 Å². The second-order valence-electron chi connectivity index (χ2n) is 5.14. The molecule has 20 heavy (non-hydrogen) atoms. The Hall–Kier alpha value is -1.19. The number of halogens is 1. The van der Waals surface area contributed by atoms with Crippen molar-refractivity contribution in [1.82, 2.24) is 5.32 Å². The predicted molar refractivity (Wildman–Crippen MR) is 84.8 cm³/mol. The fourth-order valence-electron chi connectivity index (χ4n) is 2.53. The van der Waals surface area contributed by atoms with Crippen molar-refractivity contribution in [2.75, 3.05) is 6.54 Å². The van der Waals surface area contributed by atoms with Crippen molar-refractivity contribution in [3.05, 3.63) is 57.5 Å². The van der Waals surface area contributed by atoms with Crippen LogP contribution in [-0.2, 0) is 6.42 Å². The van der Waals surface area contributed by atoms with Crippen LogP contribution >= 0.6 is 11.3 Å². The molecule has 0 aliphatic carbocycles. The van der Waals surface area contributed by atoms with Crippen LogP contribution < -0.4 is 5.32 Å². The average molecular weight is 291 g/mol. The average Bonchev–Trinajstić information content (AvgIpc) is 2.89. The highest BCUT2D eigenvalue weighted by molar-refractivity contribution is 7.09. The maximum absolute atomic E-state index is 13.5. The van der Waals surface area contributed by atoms with E-state index >= 15 is 0 Å². The standard InChI is InChI=1S/C17H22FNS/c1-3-19-17(8-4-6-16-7-5-9-20-16)14-10-13(2)11-15(18)12-14/h5,7,9-12,17,19H,3-4,6,8H2,1-2H3. The summed E-state index contributed by atoms with van der Waals surface area (Å²) < 4.78 is 13.5. The van der Waals surface area contributed by atoms with Crippen molar-refractivity contribution in [2.24, 2.45) is 0 Å². The van der Waals surface area contributed by atoms with Crippen LogP contribution in [0.3, 0.4) is 0 Å². The summed E-state index contributed by atoms with van der Waals surface area (Å²) in [6, 6.07) is 9.84. The summed E-state index contributed by atoms with van der Waals surface area (Å²) in [6.07, 6.45) is 3.26. The topological polar surface area (TPSA) is 12.0 Å². The van der Waals surface area contributed by atoms with Gasteiger partial charge in [-0.15, -0.1) is 11.3 Å². The molecule has 0 aliphatic rings. The molecule has 1 heterocycles. The van der Waals surface area contributed by atoms with E-state index in [9.17, 15) is 4.39 Å². The van der Waals surface area contributed by atoms with Gasteiger partial charge < -0.3 is 5.32 Å². The Labute approximate surface area is 124 Å². The van der Waals surface area contributed by atoms with Gasteiger partial charge in [-0.05, 0) is 67.4 Å². The van der Waals surface area contributed by atoms with Gasteiger partial charge in [-0.25, -0.2) is 4.39 Å². The third-order valence-corrected chi connectivity index (χ3v) is 4.35. The minimum Gasteiger partial charge on any atom is -0.310 e. The fraction of sp³-hybridized carbons (Fsp3) is 0.412. The first-order chi connectivity index (χ1) is 9.69. The molecule has 2 aromatic rings. The number of thiophene rings is 1. The van der Waals surface area contributed by atoms with Gasteiger partial charge in [0.25, 0.3) is 0 Å². The molecule has 1 atom stereocenters. The molecule has 1 unspecified atom stereocenters. The largest absolute Gasteiger partial charge is 0.310 e. The summed E-state index contributed by atoms with van der Waals surface area (Å²) in [4.78, 5) is 1.43. The summed E-state index contributed by atoms with van der Waals surface area (Å²) in [5.74, 6) is -0.138. The van der Waals surface area contributed by atoms with Gasteiger partial charge in [0.05, 0.1) is 0 Å². The molecule has 0 saturated carbocycles. The molecule has 0 fully saturated rings. The van der Waals surface area contributed by atoms with E-state index in [1.165, 1.54) is 4.88 Å². The van der Waals surface area contributed by atoms with Crippen molar-refractivity contribution >= 4 is 11.3 Å². The highest BCUT2D eigenvalue weighted by atomic mass is 32.1. The molecule has 0 radical (unpaired) electrons. The zero-order chi connectivity index (χ0) is 14.4. The van der Waals surface area contributed by atoms with Crippen LogP contribution in [0, 0.1) is 12.7 Å². The van der Waals surface area contributed by atoms with Gasteiger partial charge in [-0.3, -0.25) is 0 Å². The molecule has 1 nitrogen and oxygen atoms in total. The van der Waals surface area contributed by atoms with Crippen LogP contribution in [-0.4, -0.2) is 6.54 Å². The lowest BCUT2D eigenvalue weighted by atomic mass is 9.99. The van der Waals surface area contributed by atoms with Crippen LogP contribution in [0.25, 0.3) is 0 Å². The van der Waals surface area contributed by atoms with Crippen molar-refractivity contribution in [2.45, 2.75) is 39.2 Å². The van der Waals surface area contributed by atoms with Gasteiger partial charge in [-0.1, -0.05) is 19.1 Å². The lowest BCUT2D eigenvalue weighted by Gasteiger charge is -2.19. The first-order valence-electron chi connectivity index (χ1n) is 7.22. The maximum atomic E-state index is 13.5. The first kappa shape index (κ1) is 15.2. The molecule has 0 saturated heterocycles. The molecule has 3 heteroatoms. The Bertz CT molecular complexity index is 502. The Morgan fingerprint density at radius 1 is 1.30 bits per heavy atom. The van der Waals surface area contributed by atoms with E-state index in [2.05, 4.69) is 35.8 Å². The van der Waals surface area contributed by atoms with Crippen LogP contribution in [0.2, 0.25) is 0 Å². The number of aryl methyl sites for hydroxylation is 2. The van der Waals surface area contributed by atoms with Crippen LogP contribution in [0.5, 0.6) is 0 Å². The fourth-order valence-corrected chi connectivity index (χ4v) is 3.29. The summed E-state index contributed by atoms with van der Waals surface area (Å²) in [6.45, 7) is 4.94. The molecule has 2 rings (SSSR count). The van der Waals surface area contributed by atoms with Crippen molar-refractivity contribution in [3.8, 4) is 0 Å². The zero-order valence-electron chi connectivity index (χ0n) is 12.2. The Morgan fingerprint density at radius 2 is 2.15 bits per heavy atom. The van der Waals surface area contributed by atoms with Crippen molar-refractivity contribution < 1.29 is 4.39 Å². The SMILES string of the molecule is CCNC(CCCc1cccs1)c1cc(C)cc(F)c1. The summed E-state index contributed by atoms with van der Waals surface area (Å²) >= 11 is 1.81. The molecule has 1 aromatic heterocycles. The Kier molecular flexibility index (Phi) is 5.74. The Morgan fingerprint density at radius 3 is 2.80 bits per heavy atom. The third kappa shape index (κ3) is 4.43. The highest BCUT2D eigenvalue weighted by Crippen LogP contribution is 2.23. The van der Waals surface area contributed by atoms with Gasteiger partial charge in [0.15, 0.2) is 0 Å². The molecule has 0 aliphatic heterocycles. The summed E-state index contributed by atoms with van der Waals surface area (Å²) in [5.41, 5.74) is 2.05. The number of nitrogens with one attached hydrogen (secondary N) is 1. The monoisotopic (exact) mass is 291 g/mol. The molecule has 0 spiro atoms. The predicted octanol–water partition coefficient (Wildman–Crippen LogP) is 4.87. The van der Waals surface area contributed by atoms with E-state index in [4.69, 9.17) is 0 Å². The number of hydrogen-bond acceptors (Lipinski definition) is 2. The smallest absolute Gasteiger partial charge is 0.123 e. The molecule has 108 valence electrons. The molecular weight excluding hydrogens is 269 g/mol. The lowest BCUT2D eigenvalue weighted by Crippen LogP contribution is -2.21. The van der Waals surface area contributed by atoms with Gasteiger partial charge in [-0.2, -0.15) is 0 Å². The molecular formula is C17H22FNS. The van der Waals surface area contributed by atoms with Crippen LogP contribution in [0.15, 0.2) is 35.7 Å². The Balaban J connectivity index is 1.98. The normalized spacial score (nSPS) is 12.6.